The summed E-state index contributed by atoms with van der Waals surface area (Å²) < 4.78 is 11.6. The molecule has 4 unspecified atom stereocenters. The van der Waals surface area contributed by atoms with Gasteiger partial charge in [0.2, 0.25) is 0 Å². The molecule has 1 aromatic rings. The molecule has 1 saturated heterocycles. The third-order valence-corrected chi connectivity index (χ3v) is 4.38. The van der Waals surface area contributed by atoms with Gasteiger partial charge in [-0.2, -0.15) is 0 Å². The van der Waals surface area contributed by atoms with E-state index in [2.05, 4.69) is 30.0 Å². The molecule has 110 valence electrons. The fourth-order valence-corrected chi connectivity index (χ4v) is 3.30. The number of hydrogen-bond acceptors (Lipinski definition) is 4. The highest BCUT2D eigenvalue weighted by atomic mass is 16.5. The second-order valence-electron chi connectivity index (χ2n) is 6.03. The zero-order valence-corrected chi connectivity index (χ0v) is 12.3. The standard InChI is InChI=1S/C16H24N2O2/c1-11-10-20-14-6-4-3-5-13(14)16(11)18-7-8-19-15(9-18)12(2)17/h3-6,11-12,15-16H,7-10,17H2,1-2H3. The van der Waals surface area contributed by atoms with Crippen molar-refractivity contribution in [3.8, 4) is 5.75 Å². The topological polar surface area (TPSA) is 47.7 Å². The molecule has 2 aliphatic heterocycles. The first-order valence-corrected chi connectivity index (χ1v) is 7.50. The smallest absolute Gasteiger partial charge is 0.124 e. The number of fused-ring (bicyclic) bond motifs is 1. The second kappa shape index (κ2) is 5.72. The molecule has 4 atom stereocenters. The Morgan fingerprint density at radius 3 is 2.95 bits per heavy atom. The minimum atomic E-state index is 0.0724. The van der Waals surface area contributed by atoms with Crippen LogP contribution in [0.4, 0.5) is 0 Å². The van der Waals surface area contributed by atoms with Gasteiger partial charge in [-0.25, -0.2) is 0 Å². The summed E-state index contributed by atoms with van der Waals surface area (Å²) in [6, 6.07) is 8.87. The molecule has 2 heterocycles. The Balaban J connectivity index is 1.85. The molecule has 20 heavy (non-hydrogen) atoms. The predicted octanol–water partition coefficient (Wildman–Crippen LogP) is 1.80. The van der Waals surface area contributed by atoms with Gasteiger partial charge in [0.1, 0.15) is 5.75 Å². The van der Waals surface area contributed by atoms with E-state index in [4.69, 9.17) is 15.2 Å². The lowest BCUT2D eigenvalue weighted by atomic mass is 9.90. The van der Waals surface area contributed by atoms with Crippen molar-refractivity contribution in [2.75, 3.05) is 26.3 Å². The summed E-state index contributed by atoms with van der Waals surface area (Å²) in [7, 11) is 0. The van der Waals surface area contributed by atoms with Gasteiger partial charge in [-0.05, 0) is 13.0 Å². The zero-order chi connectivity index (χ0) is 14.1. The number of morpholine rings is 1. The van der Waals surface area contributed by atoms with Gasteiger partial charge in [0.25, 0.3) is 0 Å². The van der Waals surface area contributed by atoms with Crippen molar-refractivity contribution in [3.63, 3.8) is 0 Å². The van der Waals surface area contributed by atoms with Crippen LogP contribution in [0.2, 0.25) is 0 Å². The molecule has 1 fully saturated rings. The molecule has 0 aromatic heterocycles. The van der Waals surface area contributed by atoms with Crippen LogP contribution >= 0.6 is 0 Å². The normalized spacial score (nSPS) is 32.2. The lowest BCUT2D eigenvalue weighted by Crippen LogP contribution is -2.52. The van der Waals surface area contributed by atoms with E-state index < -0.39 is 0 Å². The number of para-hydroxylation sites is 1. The Hall–Kier alpha value is -1.10. The average molecular weight is 276 g/mol. The van der Waals surface area contributed by atoms with Gasteiger partial charge in [-0.3, -0.25) is 4.90 Å². The van der Waals surface area contributed by atoms with E-state index in [-0.39, 0.29) is 12.1 Å². The zero-order valence-electron chi connectivity index (χ0n) is 12.3. The Kier molecular flexibility index (Phi) is 3.96. The van der Waals surface area contributed by atoms with Gasteiger partial charge in [0.05, 0.1) is 19.3 Å². The number of rotatable bonds is 2. The molecule has 0 aliphatic carbocycles. The van der Waals surface area contributed by atoms with Crippen LogP contribution in [-0.4, -0.2) is 43.3 Å². The van der Waals surface area contributed by atoms with Crippen LogP contribution in [0.1, 0.15) is 25.5 Å². The quantitative estimate of drug-likeness (QED) is 0.895. The molecule has 4 nitrogen and oxygen atoms in total. The molecule has 0 spiro atoms. The van der Waals surface area contributed by atoms with E-state index in [9.17, 15) is 0 Å². The third kappa shape index (κ3) is 2.55. The van der Waals surface area contributed by atoms with Crippen molar-refractivity contribution in [3.05, 3.63) is 29.8 Å². The van der Waals surface area contributed by atoms with E-state index in [1.807, 2.05) is 13.0 Å². The maximum atomic E-state index is 6.01. The van der Waals surface area contributed by atoms with E-state index >= 15 is 0 Å². The van der Waals surface area contributed by atoms with Crippen molar-refractivity contribution < 1.29 is 9.47 Å². The lowest BCUT2D eigenvalue weighted by molar-refractivity contribution is -0.0653. The summed E-state index contributed by atoms with van der Waals surface area (Å²) in [6.07, 6.45) is 0.131. The van der Waals surface area contributed by atoms with E-state index in [1.165, 1.54) is 5.56 Å². The monoisotopic (exact) mass is 276 g/mol. The molecule has 2 N–H and O–H groups in total. The van der Waals surface area contributed by atoms with Crippen LogP contribution in [0.3, 0.4) is 0 Å². The number of hydrogen-bond donors (Lipinski definition) is 1. The van der Waals surface area contributed by atoms with Crippen molar-refractivity contribution in [1.82, 2.24) is 4.90 Å². The van der Waals surface area contributed by atoms with Gasteiger partial charge in [0, 0.05) is 36.7 Å². The number of ether oxygens (including phenoxy) is 2. The molecule has 0 bridgehead atoms. The average Bonchev–Trinajstić information content (AvgIpc) is 2.47. The minimum absolute atomic E-state index is 0.0724. The van der Waals surface area contributed by atoms with Crippen molar-refractivity contribution in [2.45, 2.75) is 32.0 Å². The highest BCUT2D eigenvalue weighted by Gasteiger charge is 2.35. The molecular formula is C16H24N2O2. The predicted molar refractivity (Wildman–Crippen MR) is 78.8 cm³/mol. The maximum absolute atomic E-state index is 6.01. The molecule has 0 amide bonds. The minimum Gasteiger partial charge on any atom is -0.493 e. The summed E-state index contributed by atoms with van der Waals surface area (Å²) >= 11 is 0. The Bertz CT molecular complexity index is 464. The Morgan fingerprint density at radius 2 is 2.15 bits per heavy atom. The molecule has 2 aliphatic rings. The van der Waals surface area contributed by atoms with E-state index in [1.54, 1.807) is 0 Å². The molecule has 0 radical (unpaired) electrons. The first-order chi connectivity index (χ1) is 9.66. The molecule has 1 aromatic carbocycles. The largest absolute Gasteiger partial charge is 0.493 e. The van der Waals surface area contributed by atoms with Gasteiger partial charge in [-0.1, -0.05) is 25.1 Å². The third-order valence-electron chi connectivity index (χ3n) is 4.38. The van der Waals surface area contributed by atoms with Crippen LogP contribution in [0.5, 0.6) is 5.75 Å². The highest BCUT2D eigenvalue weighted by molar-refractivity contribution is 5.38. The van der Waals surface area contributed by atoms with E-state index in [0.717, 1.165) is 32.1 Å². The fourth-order valence-electron chi connectivity index (χ4n) is 3.30. The number of benzene rings is 1. The SMILES string of the molecule is CC(N)C1CN(C2c3ccccc3OCC2C)CCO1. The van der Waals surface area contributed by atoms with Crippen LogP contribution < -0.4 is 10.5 Å². The van der Waals surface area contributed by atoms with Crippen LogP contribution in [0.15, 0.2) is 24.3 Å². The maximum Gasteiger partial charge on any atom is 0.124 e. The van der Waals surface area contributed by atoms with Gasteiger partial charge >= 0.3 is 0 Å². The van der Waals surface area contributed by atoms with Crippen molar-refractivity contribution >= 4 is 0 Å². The van der Waals surface area contributed by atoms with E-state index in [0.29, 0.717) is 12.0 Å². The molecule has 0 saturated carbocycles. The summed E-state index contributed by atoms with van der Waals surface area (Å²) in [4.78, 5) is 2.52. The lowest BCUT2D eigenvalue weighted by Gasteiger charge is -2.44. The van der Waals surface area contributed by atoms with Crippen molar-refractivity contribution in [1.29, 1.82) is 0 Å². The second-order valence-corrected chi connectivity index (χ2v) is 6.03. The van der Waals surface area contributed by atoms with Crippen molar-refractivity contribution in [2.24, 2.45) is 11.7 Å². The Labute approximate surface area is 120 Å². The Morgan fingerprint density at radius 1 is 1.35 bits per heavy atom. The summed E-state index contributed by atoms with van der Waals surface area (Å²) in [5, 5.41) is 0. The highest BCUT2D eigenvalue weighted by Crippen LogP contribution is 2.39. The van der Waals surface area contributed by atoms with Gasteiger partial charge in [-0.15, -0.1) is 0 Å². The fraction of sp³-hybridized carbons (Fsp3) is 0.625. The molecule has 4 heteroatoms. The summed E-state index contributed by atoms with van der Waals surface area (Å²) in [5.41, 5.74) is 7.31. The summed E-state index contributed by atoms with van der Waals surface area (Å²) in [6.45, 7) is 7.69. The number of nitrogens with zero attached hydrogens (tertiary/aromatic N) is 1. The van der Waals surface area contributed by atoms with Gasteiger partial charge in [0.15, 0.2) is 0 Å². The summed E-state index contributed by atoms with van der Waals surface area (Å²) in [5.74, 6) is 1.51. The molecule has 3 rings (SSSR count). The van der Waals surface area contributed by atoms with Crippen LogP contribution in [-0.2, 0) is 4.74 Å². The first-order valence-electron chi connectivity index (χ1n) is 7.50. The van der Waals surface area contributed by atoms with Gasteiger partial charge < -0.3 is 15.2 Å². The van der Waals surface area contributed by atoms with Crippen LogP contribution in [0.25, 0.3) is 0 Å². The first kappa shape index (κ1) is 13.9. The molecular weight excluding hydrogens is 252 g/mol. The number of nitrogens with two attached hydrogens (primary N) is 1. The van der Waals surface area contributed by atoms with Crippen LogP contribution in [0, 0.1) is 5.92 Å².